The summed E-state index contributed by atoms with van der Waals surface area (Å²) in [6.45, 7) is 0. The second-order valence-electron chi connectivity index (χ2n) is 6.38. The average molecular weight is 404 g/mol. The second kappa shape index (κ2) is 7.67. The summed E-state index contributed by atoms with van der Waals surface area (Å²) in [7, 11) is 2.89. The Bertz CT molecular complexity index is 1250. The first-order valence-electron chi connectivity index (χ1n) is 8.93. The first-order chi connectivity index (χ1) is 14.5. The number of carbonyl (C=O) groups is 1. The maximum atomic E-state index is 12.4. The zero-order chi connectivity index (χ0) is 21.3. The van der Waals surface area contributed by atoms with Crippen LogP contribution in [0.15, 0.2) is 65.3 Å². The molecule has 0 amide bonds. The smallest absolute Gasteiger partial charge is 0.363 e. The van der Waals surface area contributed by atoms with Gasteiger partial charge in [-0.1, -0.05) is 30.3 Å². The highest BCUT2D eigenvalue weighted by atomic mass is 16.6. The van der Waals surface area contributed by atoms with E-state index in [1.54, 1.807) is 19.3 Å². The zero-order valence-electron chi connectivity index (χ0n) is 16.1. The molecule has 0 bridgehead atoms. The molecule has 30 heavy (non-hydrogen) atoms. The van der Waals surface area contributed by atoms with Crippen molar-refractivity contribution in [2.45, 2.75) is 0 Å². The number of methoxy groups -OCH3 is 2. The van der Waals surface area contributed by atoms with Crippen LogP contribution in [0.2, 0.25) is 0 Å². The number of cyclic esters (lactones) is 1. The Balaban J connectivity index is 1.80. The Hall–Kier alpha value is -4.20. The van der Waals surface area contributed by atoms with Crippen LogP contribution in [0, 0.1) is 10.1 Å². The van der Waals surface area contributed by atoms with E-state index in [1.165, 1.54) is 19.2 Å². The van der Waals surface area contributed by atoms with Gasteiger partial charge in [-0.05, 0) is 35.0 Å². The van der Waals surface area contributed by atoms with Crippen LogP contribution in [-0.4, -0.2) is 31.0 Å². The summed E-state index contributed by atoms with van der Waals surface area (Å²) in [5.74, 6) is 0.0114. The minimum Gasteiger partial charge on any atom is -0.496 e. The Kier molecular flexibility index (Phi) is 4.89. The third-order valence-corrected chi connectivity index (χ3v) is 4.67. The maximum absolute atomic E-state index is 12.4. The molecule has 3 aromatic rings. The Morgan fingerprint density at radius 3 is 2.50 bits per heavy atom. The zero-order valence-corrected chi connectivity index (χ0v) is 16.1. The molecule has 0 N–H and O–H groups in total. The van der Waals surface area contributed by atoms with Crippen LogP contribution in [0.1, 0.15) is 11.1 Å². The van der Waals surface area contributed by atoms with E-state index in [4.69, 9.17) is 14.2 Å². The van der Waals surface area contributed by atoms with E-state index in [0.717, 1.165) is 10.8 Å². The number of carbonyl (C=O) groups excluding carboxylic acids is 1. The Morgan fingerprint density at radius 2 is 1.77 bits per heavy atom. The number of hydrogen-bond donors (Lipinski definition) is 0. The molecule has 0 saturated heterocycles. The Morgan fingerprint density at radius 1 is 1.03 bits per heavy atom. The van der Waals surface area contributed by atoms with Crippen molar-refractivity contribution in [2.24, 2.45) is 4.99 Å². The van der Waals surface area contributed by atoms with Gasteiger partial charge < -0.3 is 14.2 Å². The molecule has 0 unspecified atom stereocenters. The van der Waals surface area contributed by atoms with Crippen molar-refractivity contribution in [3.63, 3.8) is 0 Å². The summed E-state index contributed by atoms with van der Waals surface area (Å²) in [6.07, 6.45) is 1.59. The van der Waals surface area contributed by atoms with Crippen molar-refractivity contribution in [2.75, 3.05) is 14.2 Å². The lowest BCUT2D eigenvalue weighted by Crippen LogP contribution is -2.06. The van der Waals surface area contributed by atoms with Crippen molar-refractivity contribution >= 4 is 34.4 Å². The van der Waals surface area contributed by atoms with Crippen LogP contribution in [-0.2, 0) is 9.53 Å². The van der Waals surface area contributed by atoms with Crippen LogP contribution >= 0.6 is 0 Å². The fourth-order valence-electron chi connectivity index (χ4n) is 3.24. The molecular weight excluding hydrogens is 388 g/mol. The quantitative estimate of drug-likeness (QED) is 0.275. The highest BCUT2D eigenvalue weighted by molar-refractivity contribution is 6.14. The molecule has 1 aliphatic rings. The molecule has 0 radical (unpaired) electrons. The van der Waals surface area contributed by atoms with Gasteiger partial charge in [-0.2, -0.15) is 0 Å². The molecule has 0 aromatic heterocycles. The molecule has 8 nitrogen and oxygen atoms in total. The van der Waals surface area contributed by atoms with Gasteiger partial charge in [0, 0.05) is 17.2 Å². The summed E-state index contributed by atoms with van der Waals surface area (Å²) in [5.41, 5.74) is 0.803. The van der Waals surface area contributed by atoms with Gasteiger partial charge in [-0.3, -0.25) is 10.1 Å². The van der Waals surface area contributed by atoms with E-state index in [9.17, 15) is 14.9 Å². The van der Waals surface area contributed by atoms with Crippen LogP contribution < -0.4 is 9.47 Å². The van der Waals surface area contributed by atoms with E-state index in [2.05, 4.69) is 4.99 Å². The van der Waals surface area contributed by atoms with Crippen LogP contribution in [0.25, 0.3) is 16.8 Å². The van der Waals surface area contributed by atoms with E-state index < -0.39 is 10.9 Å². The number of aliphatic imine (C=N–C) groups is 1. The molecule has 0 spiro atoms. The molecule has 8 heteroatoms. The van der Waals surface area contributed by atoms with Gasteiger partial charge >= 0.3 is 11.7 Å². The molecule has 150 valence electrons. The topological polar surface area (TPSA) is 100 Å². The number of nitrogens with zero attached hydrogens (tertiary/aromatic N) is 2. The number of ether oxygens (including phenoxy) is 3. The number of nitro benzene ring substituents is 1. The highest BCUT2D eigenvalue weighted by Crippen LogP contribution is 2.33. The summed E-state index contributed by atoms with van der Waals surface area (Å²) in [5, 5.41) is 13.1. The molecule has 1 aliphatic heterocycles. The summed E-state index contributed by atoms with van der Waals surface area (Å²) < 4.78 is 15.7. The van der Waals surface area contributed by atoms with Crippen molar-refractivity contribution in [3.05, 3.63) is 81.5 Å². The number of fused-ring (bicyclic) bond motifs is 1. The third-order valence-electron chi connectivity index (χ3n) is 4.67. The van der Waals surface area contributed by atoms with Gasteiger partial charge in [0.1, 0.15) is 5.75 Å². The molecule has 0 atom stereocenters. The van der Waals surface area contributed by atoms with E-state index in [1.807, 2.05) is 36.4 Å². The van der Waals surface area contributed by atoms with Gasteiger partial charge in [-0.25, -0.2) is 9.79 Å². The number of rotatable bonds is 5. The molecule has 0 saturated carbocycles. The molecular formula is C22H16N2O6. The predicted molar refractivity (Wildman–Crippen MR) is 111 cm³/mol. The largest absolute Gasteiger partial charge is 0.496 e. The average Bonchev–Trinajstić information content (AvgIpc) is 3.13. The second-order valence-corrected chi connectivity index (χ2v) is 6.38. The van der Waals surface area contributed by atoms with Gasteiger partial charge in [-0.15, -0.1) is 0 Å². The van der Waals surface area contributed by atoms with Crippen LogP contribution in [0.4, 0.5) is 5.69 Å². The van der Waals surface area contributed by atoms with Crippen molar-refractivity contribution < 1.29 is 23.9 Å². The summed E-state index contributed by atoms with van der Waals surface area (Å²) in [6, 6.07) is 15.6. The molecule has 3 aromatic carbocycles. The standard InChI is InChI=1S/C22H16N2O6/c1-28-19-9-7-13-5-3-4-6-15(13)16(19)12-17-22(25)30-21(23-17)14-8-10-20(29-2)18(11-14)24(26)27/h3-12H,1-2H3. The van der Waals surface area contributed by atoms with Gasteiger partial charge in [0.2, 0.25) is 5.90 Å². The highest BCUT2D eigenvalue weighted by Gasteiger charge is 2.27. The fraction of sp³-hybridized carbons (Fsp3) is 0.0909. The fourth-order valence-corrected chi connectivity index (χ4v) is 3.24. The minimum atomic E-state index is -0.654. The minimum absolute atomic E-state index is 0.0174. The molecule has 0 aliphatic carbocycles. The van der Waals surface area contributed by atoms with E-state index in [-0.39, 0.29) is 23.0 Å². The normalized spacial score (nSPS) is 14.5. The maximum Gasteiger partial charge on any atom is 0.363 e. The SMILES string of the molecule is COc1ccc(C2=NC(=Cc3c(OC)ccc4ccccc34)C(=O)O2)cc1[N+](=O)[O-]. The van der Waals surface area contributed by atoms with Gasteiger partial charge in [0.25, 0.3) is 0 Å². The van der Waals surface area contributed by atoms with Gasteiger partial charge in [0.15, 0.2) is 11.4 Å². The number of hydrogen-bond acceptors (Lipinski definition) is 7. The number of nitro groups is 1. The first kappa shape index (κ1) is 19.1. The Labute approximate surface area is 171 Å². The lowest BCUT2D eigenvalue weighted by atomic mass is 10.0. The number of esters is 1. The lowest BCUT2D eigenvalue weighted by Gasteiger charge is -2.08. The first-order valence-corrected chi connectivity index (χ1v) is 8.93. The number of benzene rings is 3. The molecule has 0 fully saturated rings. The summed E-state index contributed by atoms with van der Waals surface area (Å²) >= 11 is 0. The molecule has 4 rings (SSSR count). The molecule has 1 heterocycles. The van der Waals surface area contributed by atoms with Crippen LogP contribution in [0.5, 0.6) is 11.5 Å². The van der Waals surface area contributed by atoms with Crippen molar-refractivity contribution in [1.82, 2.24) is 0 Å². The lowest BCUT2D eigenvalue weighted by molar-refractivity contribution is -0.385. The summed E-state index contributed by atoms with van der Waals surface area (Å²) in [4.78, 5) is 27.4. The van der Waals surface area contributed by atoms with Crippen LogP contribution in [0.3, 0.4) is 0 Å². The van der Waals surface area contributed by atoms with Gasteiger partial charge in [0.05, 0.1) is 19.1 Å². The van der Waals surface area contributed by atoms with E-state index in [0.29, 0.717) is 16.9 Å². The van der Waals surface area contributed by atoms with Crippen molar-refractivity contribution in [3.8, 4) is 11.5 Å². The predicted octanol–water partition coefficient (Wildman–Crippen LogP) is 4.11. The monoisotopic (exact) mass is 404 g/mol. The third kappa shape index (κ3) is 3.35. The van der Waals surface area contributed by atoms with E-state index >= 15 is 0 Å². The van der Waals surface area contributed by atoms with Crippen molar-refractivity contribution in [1.29, 1.82) is 0 Å².